The fraction of sp³-hybridized carbons (Fsp3) is 0.409. The van der Waals surface area contributed by atoms with Crippen LogP contribution in [-0.2, 0) is 17.9 Å². The number of alkyl halides is 3. The lowest BCUT2D eigenvalue weighted by Crippen LogP contribution is -2.24. The number of rotatable bonds is 10. The van der Waals surface area contributed by atoms with Gasteiger partial charge in [-0.1, -0.05) is 0 Å². The van der Waals surface area contributed by atoms with Crippen molar-refractivity contribution in [1.82, 2.24) is 19.9 Å². The summed E-state index contributed by atoms with van der Waals surface area (Å²) in [6, 6.07) is 6.72. The van der Waals surface area contributed by atoms with Crippen molar-refractivity contribution in [2.45, 2.75) is 46.2 Å². The van der Waals surface area contributed by atoms with Gasteiger partial charge in [0.1, 0.15) is 23.7 Å². The Hall–Kier alpha value is -3.34. The van der Waals surface area contributed by atoms with Crippen molar-refractivity contribution < 1.29 is 27.4 Å². The van der Waals surface area contributed by atoms with Crippen LogP contribution in [0.4, 0.5) is 19.0 Å². The van der Waals surface area contributed by atoms with Crippen molar-refractivity contribution in [2.75, 3.05) is 18.9 Å². The molecular weight excluding hydrogens is 439 g/mol. The van der Waals surface area contributed by atoms with Gasteiger partial charge in [0.25, 0.3) is 5.91 Å². The van der Waals surface area contributed by atoms with E-state index >= 15 is 0 Å². The number of nitrogens with zero attached hydrogens (tertiary/aromatic N) is 3. The zero-order valence-electron chi connectivity index (χ0n) is 18.4. The van der Waals surface area contributed by atoms with E-state index in [2.05, 4.69) is 24.6 Å². The topological polar surface area (TPSA) is 104 Å². The average Bonchev–Trinajstić information content (AvgIpc) is 3.09. The number of pyridine rings is 1. The number of nitrogens with two attached hydrogens (primary N) is 1. The zero-order chi connectivity index (χ0) is 24.0. The van der Waals surface area contributed by atoms with Crippen molar-refractivity contribution in [3.8, 4) is 5.75 Å². The minimum atomic E-state index is -4.77. The summed E-state index contributed by atoms with van der Waals surface area (Å²) in [7, 11) is 0. The number of benzene rings is 1. The maximum absolute atomic E-state index is 12.2. The molecule has 178 valence electrons. The van der Waals surface area contributed by atoms with Crippen molar-refractivity contribution >= 4 is 22.8 Å². The third-order valence-corrected chi connectivity index (χ3v) is 4.85. The monoisotopic (exact) mass is 465 g/mol. The molecule has 0 saturated heterocycles. The third-order valence-electron chi connectivity index (χ3n) is 4.85. The van der Waals surface area contributed by atoms with Crippen LogP contribution in [0.15, 0.2) is 30.3 Å². The Morgan fingerprint density at radius 1 is 1.18 bits per heavy atom. The Labute approximate surface area is 188 Å². The van der Waals surface area contributed by atoms with Gasteiger partial charge >= 0.3 is 6.36 Å². The van der Waals surface area contributed by atoms with Gasteiger partial charge < -0.3 is 25.1 Å². The molecule has 0 radical (unpaired) electrons. The number of carbonyl (C=O) groups is 1. The van der Waals surface area contributed by atoms with E-state index < -0.39 is 6.36 Å². The highest BCUT2D eigenvalue weighted by Crippen LogP contribution is 2.24. The van der Waals surface area contributed by atoms with E-state index in [1.807, 2.05) is 19.9 Å². The van der Waals surface area contributed by atoms with Gasteiger partial charge in [-0.15, -0.1) is 13.2 Å². The summed E-state index contributed by atoms with van der Waals surface area (Å²) in [4.78, 5) is 21.1. The first-order chi connectivity index (χ1) is 15.7. The fourth-order valence-corrected chi connectivity index (χ4v) is 3.38. The molecule has 11 heteroatoms. The molecule has 2 aromatic heterocycles. The standard InChI is InChI=1S/C22H26F3N5O3/c1-3-32-13-18-29-19-17(12-14(2)28-20(19)26)30(18)11-5-4-10-27-21(31)15-6-8-16(9-7-15)33-22(23,24)25/h6-9,12H,3-5,10-11,13H2,1-2H3,(H2,26,28)(H,27,31). The van der Waals surface area contributed by atoms with E-state index in [4.69, 9.17) is 10.5 Å². The molecule has 8 nitrogen and oxygen atoms in total. The van der Waals surface area contributed by atoms with Crippen molar-refractivity contribution in [1.29, 1.82) is 0 Å². The number of halogens is 3. The molecule has 2 heterocycles. The average molecular weight is 465 g/mol. The second-order valence-corrected chi connectivity index (χ2v) is 7.37. The SMILES string of the molecule is CCOCc1nc2c(N)nc(C)cc2n1CCCCNC(=O)c1ccc(OC(F)(F)F)cc1. The molecule has 0 atom stereocenters. The van der Waals surface area contributed by atoms with E-state index in [-0.39, 0.29) is 17.2 Å². The van der Waals surface area contributed by atoms with Crippen LogP contribution >= 0.6 is 0 Å². The summed E-state index contributed by atoms with van der Waals surface area (Å²) in [5.74, 6) is 0.394. The van der Waals surface area contributed by atoms with Gasteiger partial charge in [-0.2, -0.15) is 0 Å². The molecule has 0 saturated carbocycles. The highest BCUT2D eigenvalue weighted by atomic mass is 19.4. The third kappa shape index (κ3) is 6.58. The predicted octanol–water partition coefficient (Wildman–Crippen LogP) is 3.97. The Bertz CT molecular complexity index is 1100. The largest absolute Gasteiger partial charge is 0.573 e. The molecule has 0 aliphatic heterocycles. The first-order valence-corrected chi connectivity index (χ1v) is 10.5. The van der Waals surface area contributed by atoms with Crippen LogP contribution in [-0.4, -0.2) is 40.0 Å². The lowest BCUT2D eigenvalue weighted by molar-refractivity contribution is -0.274. The number of hydrogen-bond donors (Lipinski definition) is 2. The van der Waals surface area contributed by atoms with Gasteiger partial charge in [-0.05, 0) is 57.0 Å². The molecule has 0 aliphatic rings. The van der Waals surface area contributed by atoms with Crippen LogP contribution in [0, 0.1) is 6.92 Å². The number of nitrogen functional groups attached to an aromatic ring is 1. The van der Waals surface area contributed by atoms with E-state index in [0.717, 1.165) is 35.6 Å². The van der Waals surface area contributed by atoms with Crippen LogP contribution < -0.4 is 15.8 Å². The number of ether oxygens (including phenoxy) is 2. The summed E-state index contributed by atoms with van der Waals surface area (Å²) in [6.07, 6.45) is -3.33. The quantitative estimate of drug-likeness (QED) is 0.439. The van der Waals surface area contributed by atoms with E-state index in [9.17, 15) is 18.0 Å². The van der Waals surface area contributed by atoms with Crippen LogP contribution in [0.1, 0.15) is 41.6 Å². The number of aromatic nitrogens is 3. The van der Waals surface area contributed by atoms with Gasteiger partial charge in [0, 0.05) is 31.0 Å². The number of nitrogens with one attached hydrogen (secondary N) is 1. The number of imidazole rings is 1. The molecule has 3 aromatic rings. The molecule has 0 fully saturated rings. The summed E-state index contributed by atoms with van der Waals surface area (Å²) < 4.78 is 48.1. The van der Waals surface area contributed by atoms with Crippen LogP contribution in [0.2, 0.25) is 0 Å². The second kappa shape index (κ2) is 10.5. The number of carbonyl (C=O) groups excluding carboxylic acids is 1. The van der Waals surface area contributed by atoms with Gasteiger partial charge in [-0.3, -0.25) is 4.79 Å². The number of anilines is 1. The molecule has 1 aromatic carbocycles. The molecule has 0 bridgehead atoms. The summed E-state index contributed by atoms with van der Waals surface area (Å²) in [5, 5.41) is 2.77. The molecule has 1 amide bonds. The number of hydrogen-bond acceptors (Lipinski definition) is 6. The first-order valence-electron chi connectivity index (χ1n) is 10.5. The molecular formula is C22H26F3N5O3. The van der Waals surface area contributed by atoms with E-state index in [0.29, 0.717) is 44.1 Å². The first kappa shape index (κ1) is 24.3. The predicted molar refractivity (Wildman–Crippen MR) is 117 cm³/mol. The van der Waals surface area contributed by atoms with Crippen molar-refractivity contribution in [3.63, 3.8) is 0 Å². The lowest BCUT2D eigenvalue weighted by atomic mass is 10.2. The van der Waals surface area contributed by atoms with Gasteiger partial charge in [0.15, 0.2) is 5.82 Å². The van der Waals surface area contributed by atoms with E-state index in [1.54, 1.807) is 0 Å². The molecule has 0 unspecified atom stereocenters. The number of unbranched alkanes of at least 4 members (excludes halogenated alkanes) is 1. The molecule has 3 rings (SSSR count). The molecule has 33 heavy (non-hydrogen) atoms. The van der Waals surface area contributed by atoms with E-state index in [1.165, 1.54) is 12.1 Å². The smallest absolute Gasteiger partial charge is 0.406 e. The maximum atomic E-state index is 12.2. The molecule has 0 aliphatic carbocycles. The molecule has 0 spiro atoms. The second-order valence-electron chi connectivity index (χ2n) is 7.37. The zero-order valence-corrected chi connectivity index (χ0v) is 18.4. The normalized spacial score (nSPS) is 11.7. The lowest BCUT2D eigenvalue weighted by Gasteiger charge is -2.11. The van der Waals surface area contributed by atoms with Gasteiger partial charge in [0.05, 0.1) is 5.52 Å². The van der Waals surface area contributed by atoms with Crippen molar-refractivity contribution in [2.24, 2.45) is 0 Å². The van der Waals surface area contributed by atoms with Crippen molar-refractivity contribution in [3.05, 3.63) is 47.4 Å². The Morgan fingerprint density at radius 2 is 1.91 bits per heavy atom. The van der Waals surface area contributed by atoms with Gasteiger partial charge in [0.2, 0.25) is 0 Å². The Morgan fingerprint density at radius 3 is 2.58 bits per heavy atom. The van der Waals surface area contributed by atoms with Gasteiger partial charge in [-0.25, -0.2) is 9.97 Å². The Balaban J connectivity index is 1.55. The van der Waals surface area contributed by atoms with Crippen LogP contribution in [0.5, 0.6) is 5.75 Å². The highest BCUT2D eigenvalue weighted by molar-refractivity contribution is 5.94. The minimum Gasteiger partial charge on any atom is -0.406 e. The number of fused-ring (bicyclic) bond motifs is 1. The number of amides is 1. The maximum Gasteiger partial charge on any atom is 0.573 e. The summed E-state index contributed by atoms with van der Waals surface area (Å²) in [6.45, 7) is 5.76. The Kier molecular flexibility index (Phi) is 7.75. The summed E-state index contributed by atoms with van der Waals surface area (Å²) in [5.41, 5.74) is 8.61. The number of aryl methyl sites for hydroxylation is 2. The van der Waals surface area contributed by atoms with Crippen LogP contribution in [0.25, 0.3) is 11.0 Å². The van der Waals surface area contributed by atoms with Crippen LogP contribution in [0.3, 0.4) is 0 Å². The summed E-state index contributed by atoms with van der Waals surface area (Å²) >= 11 is 0. The fourth-order valence-electron chi connectivity index (χ4n) is 3.38. The minimum absolute atomic E-state index is 0.252. The highest BCUT2D eigenvalue weighted by Gasteiger charge is 2.31. The molecule has 3 N–H and O–H groups in total.